The standard InChI is InChI=1S/C31H23BrN2/c1-31(2,3)16-12-13-23-21(14-16)27-28-25-19-10-6-4-8-17(19)24(18-9-5-7-11-20(18)25)26(28)22(15-33)29(32)30(27)34-23/h4-14,24-25,34H,1-3H3. The van der Waals surface area contributed by atoms with Gasteiger partial charge in [-0.05, 0) is 72.4 Å². The first-order valence-electron chi connectivity index (χ1n) is 11.8. The van der Waals surface area contributed by atoms with Gasteiger partial charge >= 0.3 is 0 Å². The Morgan fingerprint density at radius 3 is 1.91 bits per heavy atom. The molecule has 0 amide bonds. The second-order valence-electron chi connectivity index (χ2n) is 10.6. The molecule has 0 saturated heterocycles. The van der Waals surface area contributed by atoms with Crippen LogP contribution in [-0.4, -0.2) is 4.98 Å². The summed E-state index contributed by atoms with van der Waals surface area (Å²) in [5.74, 6) is 0.186. The lowest BCUT2D eigenvalue weighted by Crippen LogP contribution is -2.28. The number of fused-ring (bicyclic) bond motifs is 3. The number of nitriles is 1. The van der Waals surface area contributed by atoms with Crippen LogP contribution in [0.2, 0.25) is 0 Å². The number of hydrogen-bond acceptors (Lipinski definition) is 1. The molecule has 0 atom stereocenters. The van der Waals surface area contributed by atoms with Crippen LogP contribution in [0, 0.1) is 11.3 Å². The quantitative estimate of drug-likeness (QED) is 0.222. The van der Waals surface area contributed by atoms with E-state index in [2.05, 4.69) is 114 Å². The van der Waals surface area contributed by atoms with Gasteiger partial charge in [-0.15, -0.1) is 0 Å². The number of hydrogen-bond donors (Lipinski definition) is 1. The molecule has 0 aliphatic heterocycles. The Morgan fingerprint density at radius 2 is 1.38 bits per heavy atom. The monoisotopic (exact) mass is 502 g/mol. The molecule has 1 aromatic heterocycles. The molecule has 1 heterocycles. The number of H-pyrrole nitrogens is 1. The van der Waals surface area contributed by atoms with Crippen molar-refractivity contribution in [2.75, 3.05) is 0 Å². The summed E-state index contributed by atoms with van der Waals surface area (Å²) in [5, 5.41) is 12.9. The van der Waals surface area contributed by atoms with Gasteiger partial charge in [0.05, 0.1) is 15.6 Å². The molecule has 8 rings (SSSR count). The van der Waals surface area contributed by atoms with Crippen molar-refractivity contribution in [3.8, 4) is 6.07 Å². The van der Waals surface area contributed by atoms with Gasteiger partial charge < -0.3 is 4.98 Å². The zero-order valence-electron chi connectivity index (χ0n) is 19.3. The lowest BCUT2D eigenvalue weighted by Gasteiger charge is -2.43. The molecule has 164 valence electrons. The summed E-state index contributed by atoms with van der Waals surface area (Å²) in [6.07, 6.45) is 0. The van der Waals surface area contributed by atoms with Crippen LogP contribution in [0.25, 0.3) is 21.8 Å². The average Bonchev–Trinajstić information content (AvgIpc) is 3.23. The highest BCUT2D eigenvalue weighted by atomic mass is 79.9. The molecule has 0 unspecified atom stereocenters. The summed E-state index contributed by atoms with van der Waals surface area (Å²) in [5.41, 5.74) is 12.1. The van der Waals surface area contributed by atoms with Gasteiger partial charge in [0.1, 0.15) is 6.07 Å². The van der Waals surface area contributed by atoms with E-state index in [4.69, 9.17) is 0 Å². The van der Waals surface area contributed by atoms with Crippen LogP contribution in [0.5, 0.6) is 0 Å². The zero-order chi connectivity index (χ0) is 23.4. The summed E-state index contributed by atoms with van der Waals surface area (Å²) in [7, 11) is 0. The number of aromatic nitrogens is 1. The Balaban J connectivity index is 1.71. The number of aromatic amines is 1. The van der Waals surface area contributed by atoms with Crippen molar-refractivity contribution in [2.24, 2.45) is 0 Å². The minimum absolute atomic E-state index is 0.0554. The second kappa shape index (κ2) is 6.62. The van der Waals surface area contributed by atoms with Crippen molar-refractivity contribution in [3.05, 3.63) is 116 Å². The first-order valence-corrected chi connectivity index (χ1v) is 12.6. The van der Waals surface area contributed by atoms with Crippen LogP contribution in [0.4, 0.5) is 0 Å². The topological polar surface area (TPSA) is 39.6 Å². The van der Waals surface area contributed by atoms with E-state index >= 15 is 0 Å². The van der Waals surface area contributed by atoms with E-state index in [1.807, 2.05) is 0 Å². The second-order valence-corrected chi connectivity index (χ2v) is 11.4. The van der Waals surface area contributed by atoms with Gasteiger partial charge in [-0.2, -0.15) is 5.26 Å². The molecule has 0 radical (unpaired) electrons. The lowest BCUT2D eigenvalue weighted by molar-refractivity contribution is 0.591. The molecule has 34 heavy (non-hydrogen) atoms. The van der Waals surface area contributed by atoms with E-state index in [0.717, 1.165) is 21.1 Å². The molecule has 0 fully saturated rings. The van der Waals surface area contributed by atoms with Gasteiger partial charge in [-0.1, -0.05) is 75.4 Å². The fourth-order valence-corrected chi connectivity index (χ4v) is 6.95. The first kappa shape index (κ1) is 20.1. The van der Waals surface area contributed by atoms with Crippen molar-refractivity contribution in [3.63, 3.8) is 0 Å². The highest BCUT2D eigenvalue weighted by Crippen LogP contribution is 2.59. The molecule has 2 nitrogen and oxygen atoms in total. The fourth-order valence-electron chi connectivity index (χ4n) is 6.35. The molecular weight excluding hydrogens is 480 g/mol. The molecule has 1 N–H and O–H groups in total. The Morgan fingerprint density at radius 1 is 0.824 bits per heavy atom. The summed E-state index contributed by atoms with van der Waals surface area (Å²) >= 11 is 3.85. The van der Waals surface area contributed by atoms with E-state index in [-0.39, 0.29) is 17.3 Å². The van der Waals surface area contributed by atoms with Crippen LogP contribution in [0.15, 0.2) is 71.2 Å². The van der Waals surface area contributed by atoms with Gasteiger partial charge in [0.2, 0.25) is 0 Å². The smallest absolute Gasteiger partial charge is 0.101 e. The van der Waals surface area contributed by atoms with Crippen molar-refractivity contribution in [1.82, 2.24) is 4.98 Å². The Kier molecular flexibility index (Phi) is 3.90. The maximum absolute atomic E-state index is 10.4. The summed E-state index contributed by atoms with van der Waals surface area (Å²) in [4.78, 5) is 3.66. The largest absolute Gasteiger partial charge is 0.354 e. The predicted octanol–water partition coefficient (Wildman–Crippen LogP) is 8.24. The van der Waals surface area contributed by atoms with Crippen molar-refractivity contribution >= 4 is 37.7 Å². The number of nitrogens with one attached hydrogen (secondary N) is 1. The molecule has 4 aromatic carbocycles. The third-order valence-electron chi connectivity index (χ3n) is 7.86. The van der Waals surface area contributed by atoms with Crippen LogP contribution in [0.3, 0.4) is 0 Å². The van der Waals surface area contributed by atoms with Crippen LogP contribution in [0.1, 0.15) is 77.1 Å². The molecule has 0 spiro atoms. The Hall–Kier alpha value is -3.35. The Labute approximate surface area is 207 Å². The van der Waals surface area contributed by atoms with Gasteiger partial charge in [0.25, 0.3) is 0 Å². The van der Waals surface area contributed by atoms with Crippen LogP contribution >= 0.6 is 15.9 Å². The lowest BCUT2D eigenvalue weighted by atomic mass is 9.59. The normalized spacial score (nSPS) is 18.0. The predicted molar refractivity (Wildman–Crippen MR) is 142 cm³/mol. The van der Waals surface area contributed by atoms with Gasteiger partial charge in [-0.25, -0.2) is 0 Å². The van der Waals surface area contributed by atoms with E-state index in [9.17, 15) is 5.26 Å². The molecular formula is C31H23BrN2. The maximum Gasteiger partial charge on any atom is 0.101 e. The summed E-state index contributed by atoms with van der Waals surface area (Å²) < 4.78 is 0.875. The molecule has 0 saturated carbocycles. The van der Waals surface area contributed by atoms with Crippen LogP contribution in [-0.2, 0) is 5.41 Å². The van der Waals surface area contributed by atoms with Gasteiger partial charge in [-0.3, -0.25) is 0 Å². The number of halogens is 1. The van der Waals surface area contributed by atoms with Gasteiger partial charge in [0.15, 0.2) is 0 Å². The fraction of sp³-hybridized carbons (Fsp3) is 0.194. The number of benzene rings is 4. The highest BCUT2D eigenvalue weighted by molar-refractivity contribution is 9.10. The third kappa shape index (κ3) is 2.39. The Bertz CT molecular complexity index is 1680. The van der Waals surface area contributed by atoms with Crippen molar-refractivity contribution < 1.29 is 0 Å². The molecule has 3 aliphatic carbocycles. The zero-order valence-corrected chi connectivity index (χ0v) is 20.9. The SMILES string of the molecule is CC(C)(C)c1ccc2[nH]c3c(Br)c(C#N)c4c(c3c2c1)C1c2ccccc2C4c2ccccc21. The molecule has 2 bridgehead atoms. The first-order chi connectivity index (χ1) is 16.4. The van der Waals surface area contributed by atoms with Crippen molar-refractivity contribution in [2.45, 2.75) is 38.0 Å². The van der Waals surface area contributed by atoms with Crippen molar-refractivity contribution in [1.29, 1.82) is 5.26 Å². The summed E-state index contributed by atoms with van der Waals surface area (Å²) in [6.45, 7) is 6.78. The van der Waals surface area contributed by atoms with E-state index in [1.165, 1.54) is 49.7 Å². The minimum Gasteiger partial charge on any atom is -0.354 e. The van der Waals surface area contributed by atoms with E-state index in [1.54, 1.807) is 0 Å². The molecule has 3 aliphatic rings. The third-order valence-corrected chi connectivity index (χ3v) is 8.65. The minimum atomic E-state index is 0.0554. The number of nitrogens with zero attached hydrogens (tertiary/aromatic N) is 1. The summed E-state index contributed by atoms with van der Waals surface area (Å²) in [6, 6.07) is 27.0. The molecule has 5 aromatic rings. The van der Waals surface area contributed by atoms with E-state index < -0.39 is 0 Å². The number of rotatable bonds is 0. The van der Waals surface area contributed by atoms with Crippen LogP contribution < -0.4 is 0 Å². The average molecular weight is 503 g/mol. The molecule has 3 heteroatoms. The highest BCUT2D eigenvalue weighted by Gasteiger charge is 2.44. The van der Waals surface area contributed by atoms with E-state index in [0.29, 0.717) is 0 Å². The van der Waals surface area contributed by atoms with Gasteiger partial charge in [0, 0.05) is 28.1 Å². The maximum atomic E-state index is 10.4.